The summed E-state index contributed by atoms with van der Waals surface area (Å²) >= 11 is 0. The molecule has 0 N–H and O–H groups in total. The van der Waals surface area contributed by atoms with Crippen LogP contribution in [0.5, 0.6) is 0 Å². The summed E-state index contributed by atoms with van der Waals surface area (Å²) in [7, 11) is 4.54. The summed E-state index contributed by atoms with van der Waals surface area (Å²) in [6.07, 6.45) is 4.29. The molecule has 3 fully saturated rings. The molecule has 2 saturated heterocycles. The highest BCUT2D eigenvalue weighted by molar-refractivity contribution is 5.05. The quantitative estimate of drug-likeness (QED) is 0.706. The second-order valence-corrected chi connectivity index (χ2v) is 7.42. The van der Waals surface area contributed by atoms with E-state index in [1.54, 1.807) is 0 Å². The SMILES string of the molecule is CC(CCN(C)CC1CC1)N1CC2(CN(C)C2)C1. The fourth-order valence-electron chi connectivity index (χ4n) is 3.85. The molecule has 104 valence electrons. The van der Waals surface area contributed by atoms with Crippen molar-refractivity contribution in [1.29, 1.82) is 0 Å². The fraction of sp³-hybridized carbons (Fsp3) is 1.00. The summed E-state index contributed by atoms with van der Waals surface area (Å²) in [6, 6.07) is 0.781. The van der Waals surface area contributed by atoms with Gasteiger partial charge in [0.1, 0.15) is 0 Å². The maximum Gasteiger partial charge on any atom is 0.0212 e. The van der Waals surface area contributed by atoms with Gasteiger partial charge >= 0.3 is 0 Å². The second-order valence-electron chi connectivity index (χ2n) is 7.42. The van der Waals surface area contributed by atoms with Gasteiger partial charge in [-0.2, -0.15) is 0 Å². The van der Waals surface area contributed by atoms with Gasteiger partial charge in [-0.25, -0.2) is 0 Å². The lowest BCUT2D eigenvalue weighted by Gasteiger charge is -2.61. The summed E-state index contributed by atoms with van der Waals surface area (Å²) in [5, 5.41) is 0. The summed E-state index contributed by atoms with van der Waals surface area (Å²) in [5.74, 6) is 1.03. The summed E-state index contributed by atoms with van der Waals surface area (Å²) < 4.78 is 0. The number of rotatable bonds is 6. The van der Waals surface area contributed by atoms with Crippen LogP contribution in [0.1, 0.15) is 26.2 Å². The smallest absolute Gasteiger partial charge is 0.0212 e. The van der Waals surface area contributed by atoms with Gasteiger partial charge in [0.15, 0.2) is 0 Å². The van der Waals surface area contributed by atoms with Crippen LogP contribution in [-0.2, 0) is 0 Å². The van der Waals surface area contributed by atoms with E-state index in [-0.39, 0.29) is 0 Å². The lowest BCUT2D eigenvalue weighted by Crippen LogP contribution is -2.72. The van der Waals surface area contributed by atoms with Crippen molar-refractivity contribution in [2.24, 2.45) is 11.3 Å². The zero-order valence-electron chi connectivity index (χ0n) is 12.4. The number of hydrogen-bond acceptors (Lipinski definition) is 3. The third-order valence-electron chi connectivity index (χ3n) is 5.11. The molecule has 0 radical (unpaired) electrons. The maximum atomic E-state index is 2.69. The Kier molecular flexibility index (Phi) is 3.41. The van der Waals surface area contributed by atoms with Crippen LogP contribution in [0.2, 0.25) is 0 Å². The van der Waals surface area contributed by atoms with E-state index in [0.29, 0.717) is 5.41 Å². The molecule has 2 heterocycles. The lowest BCUT2D eigenvalue weighted by molar-refractivity contribution is -0.119. The molecule has 0 aromatic heterocycles. The van der Waals surface area contributed by atoms with Gasteiger partial charge in [0, 0.05) is 44.2 Å². The number of hydrogen-bond donors (Lipinski definition) is 0. The molecule has 3 aliphatic rings. The molecule has 1 saturated carbocycles. The first-order chi connectivity index (χ1) is 8.56. The Morgan fingerprint density at radius 3 is 2.44 bits per heavy atom. The van der Waals surface area contributed by atoms with Crippen molar-refractivity contribution in [1.82, 2.24) is 14.7 Å². The van der Waals surface area contributed by atoms with Gasteiger partial charge in [-0.1, -0.05) is 0 Å². The third-order valence-corrected chi connectivity index (χ3v) is 5.11. The van der Waals surface area contributed by atoms with Crippen molar-refractivity contribution in [2.75, 3.05) is 53.4 Å². The third kappa shape index (κ3) is 2.73. The van der Waals surface area contributed by atoms with Crippen LogP contribution in [0.4, 0.5) is 0 Å². The zero-order valence-corrected chi connectivity index (χ0v) is 12.4. The van der Waals surface area contributed by atoms with Crippen molar-refractivity contribution >= 4 is 0 Å². The lowest BCUT2D eigenvalue weighted by atomic mass is 9.72. The standard InChI is InChI=1S/C15H29N3/c1-13(6-7-16(2)8-14-4-5-14)18-11-15(12-18)9-17(3)10-15/h13-14H,4-12H2,1-3H3. The number of likely N-dealkylation sites (tertiary alicyclic amines) is 2. The van der Waals surface area contributed by atoms with Crippen molar-refractivity contribution < 1.29 is 0 Å². The van der Waals surface area contributed by atoms with Crippen molar-refractivity contribution in [3.8, 4) is 0 Å². The largest absolute Gasteiger partial charge is 0.306 e. The van der Waals surface area contributed by atoms with Crippen molar-refractivity contribution in [3.05, 3.63) is 0 Å². The first-order valence-electron chi connectivity index (χ1n) is 7.67. The Hall–Kier alpha value is -0.120. The molecular formula is C15H29N3. The Labute approximate surface area is 112 Å². The van der Waals surface area contributed by atoms with Gasteiger partial charge in [0.05, 0.1) is 0 Å². The van der Waals surface area contributed by atoms with E-state index in [0.717, 1.165) is 12.0 Å². The molecule has 3 rings (SSSR count). The molecule has 1 spiro atoms. The van der Waals surface area contributed by atoms with Gasteiger partial charge in [-0.15, -0.1) is 0 Å². The van der Waals surface area contributed by atoms with Gasteiger partial charge in [-0.3, -0.25) is 4.90 Å². The Morgan fingerprint density at radius 1 is 1.22 bits per heavy atom. The van der Waals surface area contributed by atoms with Gasteiger partial charge < -0.3 is 9.80 Å². The van der Waals surface area contributed by atoms with Crippen LogP contribution in [0.3, 0.4) is 0 Å². The fourth-order valence-corrected chi connectivity index (χ4v) is 3.85. The molecular weight excluding hydrogens is 222 g/mol. The molecule has 1 aliphatic carbocycles. The van der Waals surface area contributed by atoms with Crippen molar-refractivity contribution in [3.63, 3.8) is 0 Å². The average molecular weight is 251 g/mol. The van der Waals surface area contributed by atoms with Crippen LogP contribution in [0.25, 0.3) is 0 Å². The highest BCUT2D eigenvalue weighted by atomic mass is 15.3. The van der Waals surface area contributed by atoms with E-state index < -0.39 is 0 Å². The highest BCUT2D eigenvalue weighted by Crippen LogP contribution is 2.40. The van der Waals surface area contributed by atoms with Gasteiger partial charge in [0.2, 0.25) is 0 Å². The van der Waals surface area contributed by atoms with E-state index in [4.69, 9.17) is 0 Å². The van der Waals surface area contributed by atoms with Crippen LogP contribution in [0.15, 0.2) is 0 Å². The molecule has 2 aliphatic heterocycles. The molecule has 0 bridgehead atoms. The van der Waals surface area contributed by atoms with Crippen LogP contribution in [-0.4, -0.2) is 74.1 Å². The first-order valence-corrected chi connectivity index (χ1v) is 7.67. The minimum atomic E-state index is 0.697. The molecule has 0 amide bonds. The van der Waals surface area contributed by atoms with Crippen LogP contribution < -0.4 is 0 Å². The molecule has 1 atom stereocenters. The van der Waals surface area contributed by atoms with E-state index in [9.17, 15) is 0 Å². The summed E-state index contributed by atoms with van der Waals surface area (Å²) in [5.41, 5.74) is 0.697. The second kappa shape index (κ2) is 4.77. The van der Waals surface area contributed by atoms with Gasteiger partial charge in [-0.05, 0) is 52.7 Å². The molecule has 3 nitrogen and oxygen atoms in total. The molecule has 0 aromatic carbocycles. The van der Waals surface area contributed by atoms with E-state index in [1.165, 1.54) is 58.5 Å². The Balaban J connectivity index is 1.31. The Bertz CT molecular complexity index is 286. The Morgan fingerprint density at radius 2 is 1.89 bits per heavy atom. The molecule has 1 unspecified atom stereocenters. The number of nitrogens with zero attached hydrogens (tertiary/aromatic N) is 3. The van der Waals surface area contributed by atoms with E-state index in [2.05, 4.69) is 35.7 Å². The molecule has 0 aromatic rings. The predicted octanol–water partition coefficient (Wildman–Crippen LogP) is 1.35. The molecule has 18 heavy (non-hydrogen) atoms. The monoisotopic (exact) mass is 251 g/mol. The van der Waals surface area contributed by atoms with Crippen LogP contribution >= 0.6 is 0 Å². The van der Waals surface area contributed by atoms with Crippen LogP contribution in [0, 0.1) is 11.3 Å². The van der Waals surface area contributed by atoms with E-state index in [1.807, 2.05) is 0 Å². The summed E-state index contributed by atoms with van der Waals surface area (Å²) in [6.45, 7) is 10.4. The first kappa shape index (κ1) is 12.9. The average Bonchev–Trinajstić information content (AvgIpc) is 3.01. The maximum absolute atomic E-state index is 2.69. The molecule has 3 heteroatoms. The van der Waals surface area contributed by atoms with Crippen molar-refractivity contribution in [2.45, 2.75) is 32.2 Å². The normalized spacial score (nSPS) is 29.3. The summed E-state index contributed by atoms with van der Waals surface area (Å²) in [4.78, 5) is 7.68. The minimum absolute atomic E-state index is 0.697. The van der Waals surface area contributed by atoms with Gasteiger partial charge in [0.25, 0.3) is 0 Å². The minimum Gasteiger partial charge on any atom is -0.306 e. The predicted molar refractivity (Wildman–Crippen MR) is 75.8 cm³/mol. The topological polar surface area (TPSA) is 9.72 Å². The van der Waals surface area contributed by atoms with E-state index >= 15 is 0 Å². The highest BCUT2D eigenvalue weighted by Gasteiger charge is 2.51. The zero-order chi connectivity index (χ0) is 12.8.